The second-order valence-corrected chi connectivity index (χ2v) is 6.38. The van der Waals surface area contributed by atoms with Crippen LogP contribution in [0.3, 0.4) is 0 Å². The molecule has 0 fully saturated rings. The maximum Gasteiger partial charge on any atom is 0.260 e. The lowest BCUT2D eigenvalue weighted by atomic mass is 10.2. The number of carbonyl (C=O) groups excluding carboxylic acids is 2. The molecule has 2 amide bonds. The molecular formula is C20H22FN3O2S. The quantitative estimate of drug-likeness (QED) is 0.484. The van der Waals surface area contributed by atoms with E-state index in [2.05, 4.69) is 22.9 Å². The fraction of sp³-hybridized carbons (Fsp3) is 0.250. The summed E-state index contributed by atoms with van der Waals surface area (Å²) in [6.45, 7) is 2.08. The average molecular weight is 387 g/mol. The first-order chi connectivity index (χ1) is 13.0. The van der Waals surface area contributed by atoms with Crippen molar-refractivity contribution < 1.29 is 14.0 Å². The molecule has 0 unspecified atom stereocenters. The van der Waals surface area contributed by atoms with Gasteiger partial charge in [0.25, 0.3) is 5.91 Å². The topological polar surface area (TPSA) is 70.2 Å². The highest BCUT2D eigenvalue weighted by atomic mass is 32.1. The largest absolute Gasteiger partial charge is 0.332 e. The first-order valence-corrected chi connectivity index (χ1v) is 9.17. The van der Waals surface area contributed by atoms with Gasteiger partial charge in [-0.2, -0.15) is 0 Å². The molecule has 7 heteroatoms. The predicted octanol–water partition coefficient (Wildman–Crippen LogP) is 4.47. The SMILES string of the molecule is CCCCCC(=O)Nc1cccc(NC(=S)NC(=O)c2ccccc2F)c1. The summed E-state index contributed by atoms with van der Waals surface area (Å²) < 4.78 is 13.6. The summed E-state index contributed by atoms with van der Waals surface area (Å²) in [5.41, 5.74) is 1.14. The monoisotopic (exact) mass is 387 g/mol. The Labute approximate surface area is 163 Å². The third-order valence-corrected chi connectivity index (χ3v) is 3.96. The standard InChI is InChI=1S/C20H22FN3O2S/c1-2-3-4-12-18(25)22-14-8-7-9-15(13-14)23-20(27)24-19(26)16-10-5-6-11-17(16)21/h5-11,13H,2-4,12H2,1H3,(H,22,25)(H2,23,24,26,27). The molecule has 142 valence electrons. The van der Waals surface area contributed by atoms with E-state index in [0.717, 1.165) is 19.3 Å². The minimum absolute atomic E-state index is 0.0367. The summed E-state index contributed by atoms with van der Waals surface area (Å²) in [5.74, 6) is -1.30. The van der Waals surface area contributed by atoms with Gasteiger partial charge in [-0.15, -0.1) is 0 Å². The van der Waals surface area contributed by atoms with E-state index in [0.29, 0.717) is 17.8 Å². The highest BCUT2D eigenvalue weighted by Crippen LogP contribution is 2.16. The molecular weight excluding hydrogens is 365 g/mol. The highest BCUT2D eigenvalue weighted by Gasteiger charge is 2.12. The number of hydrogen-bond acceptors (Lipinski definition) is 3. The van der Waals surface area contributed by atoms with Gasteiger partial charge in [-0.1, -0.05) is 38.0 Å². The van der Waals surface area contributed by atoms with Gasteiger partial charge >= 0.3 is 0 Å². The van der Waals surface area contributed by atoms with Gasteiger partial charge < -0.3 is 10.6 Å². The van der Waals surface area contributed by atoms with E-state index >= 15 is 0 Å². The van der Waals surface area contributed by atoms with Crippen LogP contribution in [0.1, 0.15) is 43.0 Å². The summed E-state index contributed by atoms with van der Waals surface area (Å²) in [4.78, 5) is 24.0. The minimum Gasteiger partial charge on any atom is -0.332 e. The van der Waals surface area contributed by atoms with E-state index in [4.69, 9.17) is 12.2 Å². The van der Waals surface area contributed by atoms with E-state index in [-0.39, 0.29) is 16.6 Å². The Kier molecular flexibility index (Phi) is 7.88. The van der Waals surface area contributed by atoms with Crippen LogP contribution < -0.4 is 16.0 Å². The van der Waals surface area contributed by atoms with Crippen molar-refractivity contribution in [2.24, 2.45) is 0 Å². The molecule has 0 aromatic heterocycles. The van der Waals surface area contributed by atoms with Crippen molar-refractivity contribution in [2.45, 2.75) is 32.6 Å². The van der Waals surface area contributed by atoms with Crippen LogP contribution in [-0.4, -0.2) is 16.9 Å². The molecule has 3 N–H and O–H groups in total. The van der Waals surface area contributed by atoms with Crippen molar-refractivity contribution in [1.29, 1.82) is 0 Å². The Balaban J connectivity index is 1.91. The summed E-state index contributed by atoms with van der Waals surface area (Å²) in [7, 11) is 0. The second-order valence-electron chi connectivity index (χ2n) is 5.97. The van der Waals surface area contributed by atoms with Crippen LogP contribution in [-0.2, 0) is 4.79 Å². The number of anilines is 2. The Morgan fingerprint density at radius 1 is 1.00 bits per heavy atom. The number of unbranched alkanes of at least 4 members (excludes halogenated alkanes) is 2. The minimum atomic E-state index is -0.633. The summed E-state index contributed by atoms with van der Waals surface area (Å²) in [5, 5.41) is 8.15. The molecule has 27 heavy (non-hydrogen) atoms. The van der Waals surface area contributed by atoms with E-state index in [1.807, 2.05) is 0 Å². The third kappa shape index (κ3) is 6.79. The van der Waals surface area contributed by atoms with Gasteiger partial charge in [0, 0.05) is 17.8 Å². The Morgan fingerprint density at radius 3 is 2.41 bits per heavy atom. The van der Waals surface area contributed by atoms with Gasteiger partial charge in [0.05, 0.1) is 5.56 Å². The van der Waals surface area contributed by atoms with Crippen molar-refractivity contribution in [2.75, 3.05) is 10.6 Å². The van der Waals surface area contributed by atoms with Gasteiger partial charge in [-0.3, -0.25) is 14.9 Å². The number of benzene rings is 2. The molecule has 0 radical (unpaired) electrons. The van der Waals surface area contributed by atoms with Crippen molar-refractivity contribution in [1.82, 2.24) is 5.32 Å². The highest BCUT2D eigenvalue weighted by molar-refractivity contribution is 7.80. The van der Waals surface area contributed by atoms with Crippen molar-refractivity contribution in [3.05, 3.63) is 59.9 Å². The third-order valence-electron chi connectivity index (χ3n) is 3.76. The van der Waals surface area contributed by atoms with Crippen LogP contribution >= 0.6 is 12.2 Å². The summed E-state index contributed by atoms with van der Waals surface area (Å²) >= 11 is 5.10. The van der Waals surface area contributed by atoms with E-state index in [1.165, 1.54) is 18.2 Å². The summed E-state index contributed by atoms with van der Waals surface area (Å²) in [6, 6.07) is 12.6. The first kappa shape index (κ1) is 20.5. The van der Waals surface area contributed by atoms with E-state index < -0.39 is 11.7 Å². The van der Waals surface area contributed by atoms with Gasteiger partial charge in [0.15, 0.2) is 5.11 Å². The Hall–Kier alpha value is -2.80. The fourth-order valence-corrected chi connectivity index (χ4v) is 2.62. The van der Waals surface area contributed by atoms with Crippen LogP contribution in [0.4, 0.5) is 15.8 Å². The van der Waals surface area contributed by atoms with Gasteiger partial charge in [-0.05, 0) is 49.0 Å². The number of amides is 2. The number of thiocarbonyl (C=S) groups is 1. The van der Waals surface area contributed by atoms with Crippen LogP contribution in [0, 0.1) is 5.82 Å². The number of halogens is 1. The lowest BCUT2D eigenvalue weighted by Crippen LogP contribution is -2.34. The number of rotatable bonds is 7. The molecule has 0 aliphatic heterocycles. The molecule has 2 aromatic rings. The number of hydrogen-bond donors (Lipinski definition) is 3. The Morgan fingerprint density at radius 2 is 1.70 bits per heavy atom. The van der Waals surface area contributed by atoms with Gasteiger partial charge in [0.2, 0.25) is 5.91 Å². The van der Waals surface area contributed by atoms with Crippen LogP contribution in [0.25, 0.3) is 0 Å². The molecule has 0 spiro atoms. The van der Waals surface area contributed by atoms with Crippen molar-refractivity contribution >= 4 is 40.5 Å². The van der Waals surface area contributed by atoms with E-state index in [9.17, 15) is 14.0 Å². The van der Waals surface area contributed by atoms with Crippen LogP contribution in [0.5, 0.6) is 0 Å². The number of carbonyl (C=O) groups is 2. The van der Waals surface area contributed by atoms with E-state index in [1.54, 1.807) is 30.3 Å². The first-order valence-electron chi connectivity index (χ1n) is 8.76. The van der Waals surface area contributed by atoms with Crippen molar-refractivity contribution in [3.8, 4) is 0 Å². The molecule has 0 bridgehead atoms. The predicted molar refractivity (Wildman–Crippen MR) is 109 cm³/mol. The normalized spacial score (nSPS) is 10.1. The van der Waals surface area contributed by atoms with Gasteiger partial charge in [-0.25, -0.2) is 4.39 Å². The molecule has 0 atom stereocenters. The molecule has 0 aliphatic rings. The zero-order chi connectivity index (χ0) is 19.6. The lowest BCUT2D eigenvalue weighted by molar-refractivity contribution is -0.116. The molecule has 0 aliphatic carbocycles. The van der Waals surface area contributed by atoms with Crippen LogP contribution in [0.15, 0.2) is 48.5 Å². The zero-order valence-electron chi connectivity index (χ0n) is 15.0. The molecule has 2 aromatic carbocycles. The molecule has 0 heterocycles. The van der Waals surface area contributed by atoms with Crippen LogP contribution in [0.2, 0.25) is 0 Å². The Bertz CT molecular complexity index is 826. The molecule has 0 saturated carbocycles. The number of nitrogens with one attached hydrogen (secondary N) is 3. The summed E-state index contributed by atoms with van der Waals surface area (Å²) in [6.07, 6.45) is 3.41. The second kappa shape index (κ2) is 10.4. The molecule has 0 saturated heterocycles. The lowest BCUT2D eigenvalue weighted by Gasteiger charge is -2.11. The smallest absolute Gasteiger partial charge is 0.260 e. The average Bonchev–Trinajstić information content (AvgIpc) is 2.62. The molecule has 5 nitrogen and oxygen atoms in total. The van der Waals surface area contributed by atoms with Gasteiger partial charge in [0.1, 0.15) is 5.82 Å². The van der Waals surface area contributed by atoms with Crippen molar-refractivity contribution in [3.63, 3.8) is 0 Å². The maximum absolute atomic E-state index is 13.6. The molecule has 2 rings (SSSR count). The fourth-order valence-electron chi connectivity index (χ4n) is 2.41. The zero-order valence-corrected chi connectivity index (χ0v) is 15.9. The maximum atomic E-state index is 13.6.